The number of benzene rings is 1. The summed E-state index contributed by atoms with van der Waals surface area (Å²) in [5.41, 5.74) is 8.49. The number of nitrogens with two attached hydrogens (primary N) is 1. The molecule has 5 heteroatoms. The van der Waals surface area contributed by atoms with Gasteiger partial charge < -0.3 is 10.8 Å². The predicted octanol–water partition coefficient (Wildman–Crippen LogP) is 1.04. The molecule has 0 spiro atoms. The molecule has 0 saturated carbocycles. The first-order valence-electron chi connectivity index (χ1n) is 5.62. The zero-order valence-electron chi connectivity index (χ0n) is 10.1. The van der Waals surface area contributed by atoms with Gasteiger partial charge in [-0.25, -0.2) is 0 Å². The van der Waals surface area contributed by atoms with Crippen LogP contribution in [0.3, 0.4) is 0 Å². The molecule has 0 amide bonds. The average Bonchev–Trinajstić information content (AvgIpc) is 2.76. The van der Waals surface area contributed by atoms with Crippen molar-refractivity contribution in [3.8, 4) is 11.1 Å². The highest BCUT2D eigenvalue weighted by Crippen LogP contribution is 2.19. The predicted molar refractivity (Wildman–Crippen MR) is 68.0 cm³/mol. The third-order valence-electron chi connectivity index (χ3n) is 2.76. The van der Waals surface area contributed by atoms with Crippen molar-refractivity contribution in [3.63, 3.8) is 0 Å². The van der Waals surface area contributed by atoms with Crippen molar-refractivity contribution in [1.82, 2.24) is 9.78 Å². The second-order valence-electron chi connectivity index (χ2n) is 4.25. The smallest absolute Gasteiger partial charge is 0.320 e. The maximum Gasteiger partial charge on any atom is 0.320 e. The summed E-state index contributed by atoms with van der Waals surface area (Å²) < 4.78 is 1.74. The number of hydrogen-bond donors (Lipinski definition) is 2. The van der Waals surface area contributed by atoms with Crippen LogP contribution in [-0.4, -0.2) is 26.9 Å². The first kappa shape index (κ1) is 12.3. The van der Waals surface area contributed by atoms with E-state index in [4.69, 9.17) is 10.8 Å². The lowest BCUT2D eigenvalue weighted by molar-refractivity contribution is -0.138. The van der Waals surface area contributed by atoms with Crippen molar-refractivity contribution in [2.45, 2.75) is 12.5 Å². The van der Waals surface area contributed by atoms with Gasteiger partial charge in [0.05, 0.1) is 6.20 Å². The monoisotopic (exact) mass is 245 g/mol. The first-order chi connectivity index (χ1) is 8.56. The molecule has 18 heavy (non-hydrogen) atoms. The number of hydrogen-bond acceptors (Lipinski definition) is 3. The molecule has 0 bridgehead atoms. The van der Waals surface area contributed by atoms with E-state index < -0.39 is 12.0 Å². The van der Waals surface area contributed by atoms with E-state index in [1.165, 1.54) is 0 Å². The Hall–Kier alpha value is -2.14. The molecule has 2 rings (SSSR count). The fourth-order valence-corrected chi connectivity index (χ4v) is 1.74. The fraction of sp³-hybridized carbons (Fsp3) is 0.231. The standard InChI is InChI=1S/C13H15N3O2/c1-16-8-11(7-15-16)10-4-2-9(3-5-10)6-12(14)13(17)18/h2-5,7-8,12H,6,14H2,1H3,(H,17,18)/t12-/m0/s1. The van der Waals surface area contributed by atoms with E-state index in [-0.39, 0.29) is 0 Å². The number of carboxylic acids is 1. The molecule has 1 aromatic carbocycles. The van der Waals surface area contributed by atoms with Crippen LogP contribution in [0.2, 0.25) is 0 Å². The normalized spacial score (nSPS) is 12.3. The highest BCUT2D eigenvalue weighted by Gasteiger charge is 2.11. The Morgan fingerprint density at radius 2 is 2.06 bits per heavy atom. The van der Waals surface area contributed by atoms with E-state index in [9.17, 15) is 4.79 Å². The minimum absolute atomic E-state index is 0.336. The fourth-order valence-electron chi connectivity index (χ4n) is 1.74. The number of nitrogens with zero attached hydrogens (tertiary/aromatic N) is 2. The Morgan fingerprint density at radius 1 is 1.39 bits per heavy atom. The second kappa shape index (κ2) is 5.01. The van der Waals surface area contributed by atoms with Crippen LogP contribution in [0.4, 0.5) is 0 Å². The van der Waals surface area contributed by atoms with E-state index in [2.05, 4.69) is 5.10 Å². The number of carboxylic acid groups (broad SMARTS) is 1. The summed E-state index contributed by atoms with van der Waals surface area (Å²) >= 11 is 0. The summed E-state index contributed by atoms with van der Waals surface area (Å²) in [6.45, 7) is 0. The van der Waals surface area contributed by atoms with Gasteiger partial charge in [0, 0.05) is 18.8 Å². The van der Waals surface area contributed by atoms with Crippen LogP contribution in [0.5, 0.6) is 0 Å². The number of aryl methyl sites for hydroxylation is 1. The highest BCUT2D eigenvalue weighted by atomic mass is 16.4. The molecule has 0 fully saturated rings. The van der Waals surface area contributed by atoms with Gasteiger partial charge in [-0.2, -0.15) is 5.10 Å². The summed E-state index contributed by atoms with van der Waals surface area (Å²) in [5.74, 6) is -0.980. The molecule has 3 N–H and O–H groups in total. The van der Waals surface area contributed by atoms with Crippen molar-refractivity contribution in [1.29, 1.82) is 0 Å². The van der Waals surface area contributed by atoms with E-state index in [0.29, 0.717) is 6.42 Å². The van der Waals surface area contributed by atoms with Crippen LogP contribution < -0.4 is 5.73 Å². The second-order valence-corrected chi connectivity index (χ2v) is 4.25. The van der Waals surface area contributed by atoms with Crippen LogP contribution >= 0.6 is 0 Å². The molecule has 1 heterocycles. The molecule has 0 radical (unpaired) electrons. The van der Waals surface area contributed by atoms with Gasteiger partial charge in [0.2, 0.25) is 0 Å². The van der Waals surface area contributed by atoms with Gasteiger partial charge in [-0.15, -0.1) is 0 Å². The Kier molecular flexibility index (Phi) is 3.43. The van der Waals surface area contributed by atoms with Crippen molar-refractivity contribution in [3.05, 3.63) is 42.2 Å². The zero-order valence-corrected chi connectivity index (χ0v) is 10.1. The molecule has 1 atom stereocenters. The van der Waals surface area contributed by atoms with Gasteiger partial charge in [-0.1, -0.05) is 24.3 Å². The van der Waals surface area contributed by atoms with Crippen molar-refractivity contribution < 1.29 is 9.90 Å². The third kappa shape index (κ3) is 2.75. The average molecular weight is 245 g/mol. The van der Waals surface area contributed by atoms with Crippen molar-refractivity contribution >= 4 is 5.97 Å². The molecule has 94 valence electrons. The van der Waals surface area contributed by atoms with Gasteiger partial charge in [-0.3, -0.25) is 9.48 Å². The van der Waals surface area contributed by atoms with E-state index in [1.807, 2.05) is 37.5 Å². The molecule has 0 aliphatic rings. The summed E-state index contributed by atoms with van der Waals surface area (Å²) in [6, 6.07) is 6.83. The number of aliphatic carboxylic acids is 1. The number of rotatable bonds is 4. The lowest BCUT2D eigenvalue weighted by Gasteiger charge is -2.06. The summed E-state index contributed by atoms with van der Waals surface area (Å²) in [5, 5.41) is 12.8. The first-order valence-corrected chi connectivity index (χ1v) is 5.62. The lowest BCUT2D eigenvalue weighted by Crippen LogP contribution is -2.32. The number of aromatic nitrogens is 2. The number of carbonyl (C=O) groups is 1. The molecule has 0 aliphatic heterocycles. The van der Waals surface area contributed by atoms with Gasteiger partial charge in [0.15, 0.2) is 0 Å². The Labute approximate surface area is 105 Å². The third-order valence-corrected chi connectivity index (χ3v) is 2.76. The summed E-state index contributed by atoms with van der Waals surface area (Å²) in [6.07, 6.45) is 4.05. The maximum atomic E-state index is 10.7. The summed E-state index contributed by atoms with van der Waals surface area (Å²) in [7, 11) is 1.86. The van der Waals surface area contributed by atoms with Crippen LogP contribution in [0.15, 0.2) is 36.7 Å². The molecule has 0 unspecified atom stereocenters. The Morgan fingerprint density at radius 3 is 2.56 bits per heavy atom. The highest BCUT2D eigenvalue weighted by molar-refractivity contribution is 5.73. The Bertz CT molecular complexity index is 546. The van der Waals surface area contributed by atoms with E-state index in [0.717, 1.165) is 16.7 Å². The minimum atomic E-state index is -0.980. The van der Waals surface area contributed by atoms with Gasteiger partial charge >= 0.3 is 5.97 Å². The maximum absolute atomic E-state index is 10.7. The zero-order chi connectivity index (χ0) is 13.1. The largest absolute Gasteiger partial charge is 0.480 e. The molecule has 1 aromatic heterocycles. The van der Waals surface area contributed by atoms with Crippen molar-refractivity contribution in [2.24, 2.45) is 12.8 Å². The minimum Gasteiger partial charge on any atom is -0.480 e. The topological polar surface area (TPSA) is 81.1 Å². The quantitative estimate of drug-likeness (QED) is 0.843. The Balaban J connectivity index is 2.13. The molecule has 2 aromatic rings. The SMILES string of the molecule is Cn1cc(-c2ccc(C[C@H](N)C(=O)O)cc2)cn1. The van der Waals surface area contributed by atoms with E-state index in [1.54, 1.807) is 10.9 Å². The molecule has 0 saturated heterocycles. The van der Waals surface area contributed by atoms with Gasteiger partial charge in [-0.05, 0) is 17.5 Å². The van der Waals surface area contributed by atoms with Crippen molar-refractivity contribution in [2.75, 3.05) is 0 Å². The van der Waals surface area contributed by atoms with E-state index >= 15 is 0 Å². The van der Waals surface area contributed by atoms with Gasteiger partial charge in [0.1, 0.15) is 6.04 Å². The van der Waals surface area contributed by atoms with Gasteiger partial charge in [0.25, 0.3) is 0 Å². The molecular formula is C13H15N3O2. The van der Waals surface area contributed by atoms with Crippen LogP contribution in [0.25, 0.3) is 11.1 Å². The molecular weight excluding hydrogens is 230 g/mol. The van der Waals surface area contributed by atoms with Crippen LogP contribution in [0, 0.1) is 0 Å². The summed E-state index contributed by atoms with van der Waals surface area (Å²) in [4.78, 5) is 10.7. The molecule has 0 aliphatic carbocycles. The van der Waals surface area contributed by atoms with Crippen LogP contribution in [0.1, 0.15) is 5.56 Å². The molecule has 5 nitrogen and oxygen atoms in total. The lowest BCUT2D eigenvalue weighted by atomic mass is 10.0. The van der Waals surface area contributed by atoms with Crippen LogP contribution in [-0.2, 0) is 18.3 Å².